The Kier molecular flexibility index (Phi) is 5.87. The minimum Gasteiger partial charge on any atom is -0.497 e. The minimum atomic E-state index is -0.566. The number of ether oxygens (including phenoxy) is 2. The summed E-state index contributed by atoms with van der Waals surface area (Å²) in [5.41, 5.74) is 0.866. The number of aromatic nitrogens is 2. The average Bonchev–Trinajstić information content (AvgIpc) is 3.17. The number of benzene rings is 1. The molecule has 1 fully saturated rings. The molecule has 0 unspecified atom stereocenters. The summed E-state index contributed by atoms with van der Waals surface area (Å²) in [4.78, 5) is 13.7. The molecule has 2 atom stereocenters. The van der Waals surface area contributed by atoms with Crippen molar-refractivity contribution >= 4 is 40.3 Å². The maximum Gasteiger partial charge on any atom is 0.323 e. The van der Waals surface area contributed by atoms with E-state index in [0.717, 1.165) is 11.4 Å². The summed E-state index contributed by atoms with van der Waals surface area (Å²) < 4.78 is 12.2. The summed E-state index contributed by atoms with van der Waals surface area (Å²) in [6, 6.07) is 6.99. The van der Waals surface area contributed by atoms with Gasteiger partial charge in [-0.25, -0.2) is 4.68 Å². The lowest BCUT2D eigenvalue weighted by Gasteiger charge is -2.21. The molecule has 3 rings (SSSR count). The van der Waals surface area contributed by atoms with Gasteiger partial charge in [-0.05, 0) is 36.5 Å². The largest absolute Gasteiger partial charge is 0.497 e. The Balaban J connectivity index is 1.71. The van der Waals surface area contributed by atoms with Crippen LogP contribution in [0.3, 0.4) is 0 Å². The number of nitrogens with one attached hydrogen (secondary N) is 1. The van der Waals surface area contributed by atoms with Gasteiger partial charge in [-0.3, -0.25) is 9.69 Å². The molecular weight excluding hydrogens is 376 g/mol. The van der Waals surface area contributed by atoms with Crippen LogP contribution in [0.1, 0.15) is 6.42 Å². The first-order chi connectivity index (χ1) is 12.5. The Labute approximate surface area is 160 Å². The van der Waals surface area contributed by atoms with Crippen LogP contribution in [-0.4, -0.2) is 58.7 Å². The van der Waals surface area contributed by atoms with Crippen molar-refractivity contribution in [3.63, 3.8) is 0 Å². The number of rotatable bonds is 6. The van der Waals surface area contributed by atoms with Crippen molar-refractivity contribution in [2.45, 2.75) is 25.2 Å². The fraction of sp³-hybridized carbons (Fsp3) is 0.438. The topological polar surface area (TPSA) is 88.9 Å². The first kappa shape index (κ1) is 18.8. The lowest BCUT2D eigenvalue weighted by molar-refractivity contribution is -0.146. The van der Waals surface area contributed by atoms with Crippen LogP contribution in [-0.2, 0) is 16.2 Å². The van der Waals surface area contributed by atoms with Crippen molar-refractivity contribution < 1.29 is 19.4 Å². The highest BCUT2D eigenvalue weighted by atomic mass is 32.1. The number of esters is 1. The summed E-state index contributed by atoms with van der Waals surface area (Å²) in [7, 11) is 2.96. The second kappa shape index (κ2) is 8.12. The highest BCUT2D eigenvalue weighted by Gasteiger charge is 2.37. The van der Waals surface area contributed by atoms with E-state index in [1.807, 2.05) is 29.2 Å². The second-order valence-electron chi connectivity index (χ2n) is 5.87. The van der Waals surface area contributed by atoms with E-state index in [-0.39, 0.29) is 5.97 Å². The fourth-order valence-corrected chi connectivity index (χ4v) is 3.85. The molecule has 0 amide bonds. The molecule has 26 heavy (non-hydrogen) atoms. The van der Waals surface area contributed by atoms with E-state index in [1.54, 1.807) is 11.8 Å². The Morgan fingerprint density at radius 1 is 1.42 bits per heavy atom. The van der Waals surface area contributed by atoms with Crippen LogP contribution in [0, 0.1) is 3.95 Å². The van der Waals surface area contributed by atoms with Gasteiger partial charge in [0.25, 0.3) is 0 Å². The highest BCUT2D eigenvalue weighted by molar-refractivity contribution is 7.73. The van der Waals surface area contributed by atoms with Gasteiger partial charge in [0.05, 0.1) is 27.0 Å². The van der Waals surface area contributed by atoms with Gasteiger partial charge in [0.15, 0.2) is 3.95 Å². The quantitative estimate of drug-likeness (QED) is 0.566. The third-order valence-electron chi connectivity index (χ3n) is 4.12. The Bertz CT molecular complexity index is 820. The SMILES string of the molecule is COC(=O)[C@@H]1C[C@@H](O)CN1Cn1nc(Nc2ccc(OC)cc2)sc1=S. The molecule has 1 aliphatic heterocycles. The molecule has 1 aliphatic rings. The first-order valence-electron chi connectivity index (χ1n) is 7.99. The molecule has 0 spiro atoms. The van der Waals surface area contributed by atoms with E-state index in [4.69, 9.17) is 21.7 Å². The summed E-state index contributed by atoms with van der Waals surface area (Å²) in [6.07, 6.45) is -0.218. The van der Waals surface area contributed by atoms with E-state index in [2.05, 4.69) is 10.4 Å². The van der Waals surface area contributed by atoms with Gasteiger partial charge in [0, 0.05) is 18.7 Å². The molecule has 0 radical (unpaired) electrons. The number of β-amino-alcohol motifs (C(OH)–C–C–N with tert-alkyl or cyclic N) is 1. The van der Waals surface area contributed by atoms with Crippen molar-refractivity contribution in [3.8, 4) is 5.75 Å². The number of carbonyl (C=O) groups excluding carboxylic acids is 1. The zero-order valence-corrected chi connectivity index (χ0v) is 16.0. The molecule has 140 valence electrons. The lowest BCUT2D eigenvalue weighted by atomic mass is 10.2. The number of nitrogens with zero attached hydrogens (tertiary/aromatic N) is 3. The maximum atomic E-state index is 11.9. The van der Waals surface area contributed by atoms with Crippen LogP contribution in [0.15, 0.2) is 24.3 Å². The van der Waals surface area contributed by atoms with Gasteiger partial charge >= 0.3 is 5.97 Å². The number of hydrogen-bond donors (Lipinski definition) is 2. The third kappa shape index (κ3) is 4.21. The number of methoxy groups -OCH3 is 2. The third-order valence-corrected chi connectivity index (χ3v) is 5.34. The van der Waals surface area contributed by atoms with Crippen LogP contribution in [0.5, 0.6) is 5.75 Å². The van der Waals surface area contributed by atoms with Gasteiger partial charge in [-0.1, -0.05) is 11.3 Å². The summed E-state index contributed by atoms with van der Waals surface area (Å²) in [5, 5.41) is 18.2. The van der Waals surface area contributed by atoms with Crippen LogP contribution in [0.2, 0.25) is 0 Å². The number of likely N-dealkylation sites (tertiary alicyclic amines) is 1. The molecule has 10 heteroatoms. The first-order valence-corrected chi connectivity index (χ1v) is 9.21. The van der Waals surface area contributed by atoms with Gasteiger partial charge in [-0.2, -0.15) is 0 Å². The van der Waals surface area contributed by atoms with Crippen molar-refractivity contribution in [2.75, 3.05) is 26.1 Å². The van der Waals surface area contributed by atoms with Crippen molar-refractivity contribution in [2.24, 2.45) is 0 Å². The fourth-order valence-electron chi connectivity index (χ4n) is 2.83. The van der Waals surface area contributed by atoms with E-state index in [9.17, 15) is 9.90 Å². The molecule has 0 aliphatic carbocycles. The Morgan fingerprint density at radius 3 is 2.81 bits per heavy atom. The second-order valence-corrected chi connectivity index (χ2v) is 7.49. The van der Waals surface area contributed by atoms with Crippen LogP contribution >= 0.6 is 23.6 Å². The Hall–Kier alpha value is -2.01. The zero-order chi connectivity index (χ0) is 18.7. The summed E-state index contributed by atoms with van der Waals surface area (Å²) in [5.74, 6) is 0.412. The molecule has 1 saturated heterocycles. The van der Waals surface area contributed by atoms with Crippen molar-refractivity contribution in [1.29, 1.82) is 0 Å². The van der Waals surface area contributed by atoms with Crippen molar-refractivity contribution in [3.05, 3.63) is 28.2 Å². The normalized spacial score (nSPS) is 20.1. The van der Waals surface area contributed by atoms with Crippen LogP contribution in [0.4, 0.5) is 10.8 Å². The molecule has 2 N–H and O–H groups in total. The number of anilines is 2. The Morgan fingerprint density at radius 2 is 2.15 bits per heavy atom. The van der Waals surface area contributed by atoms with Crippen molar-refractivity contribution in [1.82, 2.24) is 14.7 Å². The van der Waals surface area contributed by atoms with Crippen LogP contribution < -0.4 is 10.1 Å². The van der Waals surface area contributed by atoms with Gasteiger partial charge in [-0.15, -0.1) is 5.10 Å². The van der Waals surface area contributed by atoms with Crippen LogP contribution in [0.25, 0.3) is 0 Å². The van der Waals surface area contributed by atoms with E-state index >= 15 is 0 Å². The molecular formula is C16H20N4O4S2. The van der Waals surface area contributed by atoms with Gasteiger partial charge < -0.3 is 19.9 Å². The zero-order valence-electron chi connectivity index (χ0n) is 14.4. The standard InChI is InChI=1S/C16H20N4O4S2/c1-23-12-5-3-10(4-6-12)17-15-18-20(16(25)26-15)9-19-8-11(21)7-13(19)14(22)24-2/h3-6,11,13,21H,7-9H2,1-2H3,(H,17,18)/t11-,13+/m1/s1. The smallest absolute Gasteiger partial charge is 0.323 e. The lowest BCUT2D eigenvalue weighted by Crippen LogP contribution is -2.38. The molecule has 1 aromatic heterocycles. The van der Waals surface area contributed by atoms with E-state index in [0.29, 0.717) is 28.7 Å². The molecule has 2 aromatic rings. The number of hydrogen-bond acceptors (Lipinski definition) is 9. The molecule has 0 saturated carbocycles. The monoisotopic (exact) mass is 396 g/mol. The molecule has 1 aromatic carbocycles. The predicted molar refractivity (Wildman–Crippen MR) is 100 cm³/mol. The van der Waals surface area contributed by atoms with Gasteiger partial charge in [0.2, 0.25) is 5.13 Å². The minimum absolute atomic E-state index is 0.316. The number of aliphatic hydroxyl groups excluding tert-OH is 1. The number of aliphatic hydroxyl groups is 1. The predicted octanol–water partition coefficient (Wildman–Crippen LogP) is 1.99. The summed E-state index contributed by atoms with van der Waals surface area (Å²) >= 11 is 6.72. The summed E-state index contributed by atoms with van der Waals surface area (Å²) in [6.45, 7) is 0.691. The molecule has 8 nitrogen and oxygen atoms in total. The van der Waals surface area contributed by atoms with Gasteiger partial charge in [0.1, 0.15) is 11.8 Å². The highest BCUT2D eigenvalue weighted by Crippen LogP contribution is 2.24. The van der Waals surface area contributed by atoms with E-state index in [1.165, 1.54) is 18.4 Å². The molecule has 2 heterocycles. The maximum absolute atomic E-state index is 11.9. The van der Waals surface area contributed by atoms with E-state index < -0.39 is 12.1 Å². The molecule has 0 bridgehead atoms. The number of carbonyl (C=O) groups is 1. The average molecular weight is 396 g/mol.